The highest BCUT2D eigenvalue weighted by Crippen LogP contribution is 2.20. The smallest absolute Gasteiger partial charge is 0.217 e. The molecule has 3 heterocycles. The quantitative estimate of drug-likeness (QED) is 0.859. The van der Waals surface area contributed by atoms with Gasteiger partial charge in [-0.2, -0.15) is 4.98 Å². The van der Waals surface area contributed by atoms with E-state index in [2.05, 4.69) is 15.0 Å². The fraction of sp³-hybridized carbons (Fsp3) is 0.500. The van der Waals surface area contributed by atoms with Crippen molar-refractivity contribution < 1.29 is 8.42 Å². The summed E-state index contributed by atoms with van der Waals surface area (Å²) in [5.41, 5.74) is 0. The molecule has 1 fully saturated rings. The fourth-order valence-electron chi connectivity index (χ4n) is 2.31. The van der Waals surface area contributed by atoms with Gasteiger partial charge in [-0.3, -0.25) is 10.00 Å². The normalized spacial score (nSPS) is 19.4. The molecule has 1 saturated heterocycles. The van der Waals surface area contributed by atoms with Gasteiger partial charge in [0.15, 0.2) is 15.7 Å². The molecular weight excluding hydrogens is 328 g/mol. The SMILES string of the molecule is O=S1(=O)CCCN(Cn2[nH]c(-c3cccs3)nc2=S)CC1. The van der Waals surface area contributed by atoms with Crippen molar-refractivity contribution in [2.24, 2.45) is 0 Å². The molecule has 0 aliphatic carbocycles. The molecule has 0 atom stereocenters. The van der Waals surface area contributed by atoms with Crippen LogP contribution in [0.5, 0.6) is 0 Å². The van der Waals surface area contributed by atoms with Crippen molar-refractivity contribution in [3.8, 4) is 10.7 Å². The first-order valence-corrected chi connectivity index (χ1v) is 9.78. The maximum atomic E-state index is 11.6. The zero-order valence-electron chi connectivity index (χ0n) is 11.4. The van der Waals surface area contributed by atoms with Crippen LogP contribution in [0.15, 0.2) is 17.5 Å². The van der Waals surface area contributed by atoms with E-state index in [1.165, 1.54) is 0 Å². The Labute approximate surface area is 132 Å². The highest BCUT2D eigenvalue weighted by molar-refractivity contribution is 7.91. The van der Waals surface area contributed by atoms with Crippen LogP contribution in [0.25, 0.3) is 10.7 Å². The van der Waals surface area contributed by atoms with Crippen molar-refractivity contribution in [2.45, 2.75) is 13.1 Å². The molecule has 0 saturated carbocycles. The molecule has 1 aliphatic rings. The number of thiophene rings is 1. The molecule has 114 valence electrons. The van der Waals surface area contributed by atoms with Gasteiger partial charge in [-0.25, -0.2) is 13.1 Å². The summed E-state index contributed by atoms with van der Waals surface area (Å²) in [5.74, 6) is 1.25. The summed E-state index contributed by atoms with van der Waals surface area (Å²) < 4.78 is 25.5. The second-order valence-electron chi connectivity index (χ2n) is 5.02. The van der Waals surface area contributed by atoms with Crippen molar-refractivity contribution in [2.75, 3.05) is 24.6 Å². The van der Waals surface area contributed by atoms with E-state index in [1.807, 2.05) is 17.5 Å². The predicted molar refractivity (Wildman–Crippen MR) is 85.6 cm³/mol. The first-order valence-electron chi connectivity index (χ1n) is 6.67. The predicted octanol–water partition coefficient (Wildman–Crippen LogP) is 1.75. The number of nitrogens with zero attached hydrogens (tertiary/aromatic N) is 3. The lowest BCUT2D eigenvalue weighted by Crippen LogP contribution is -2.30. The Morgan fingerprint density at radius 1 is 1.38 bits per heavy atom. The molecule has 2 aromatic heterocycles. The molecule has 1 N–H and O–H groups in total. The van der Waals surface area contributed by atoms with Crippen LogP contribution in [-0.2, 0) is 16.5 Å². The van der Waals surface area contributed by atoms with E-state index in [9.17, 15) is 8.42 Å². The summed E-state index contributed by atoms with van der Waals surface area (Å²) in [7, 11) is -2.89. The highest BCUT2D eigenvalue weighted by atomic mass is 32.2. The van der Waals surface area contributed by atoms with E-state index >= 15 is 0 Å². The van der Waals surface area contributed by atoms with Gasteiger partial charge in [-0.15, -0.1) is 11.3 Å². The van der Waals surface area contributed by atoms with Crippen molar-refractivity contribution >= 4 is 33.4 Å². The molecule has 1 aliphatic heterocycles. The van der Waals surface area contributed by atoms with Crippen LogP contribution in [0.2, 0.25) is 0 Å². The largest absolute Gasteiger partial charge is 0.283 e. The molecule has 6 nitrogen and oxygen atoms in total. The van der Waals surface area contributed by atoms with Gasteiger partial charge in [0.2, 0.25) is 4.77 Å². The van der Waals surface area contributed by atoms with Gasteiger partial charge in [-0.1, -0.05) is 6.07 Å². The van der Waals surface area contributed by atoms with E-state index in [1.54, 1.807) is 16.0 Å². The summed E-state index contributed by atoms with van der Waals surface area (Å²) in [6, 6.07) is 3.96. The third kappa shape index (κ3) is 3.60. The standard InChI is InChI=1S/C12H16N4O2S3/c17-21(18)7-2-4-15(5-8-21)9-16-12(19)13-11(14-16)10-3-1-6-20-10/h1,3,6H,2,4-5,7-9H2,(H,13,14,19). The number of rotatable bonds is 3. The molecule has 0 radical (unpaired) electrons. The summed E-state index contributed by atoms with van der Waals surface area (Å²) >= 11 is 6.88. The first kappa shape index (κ1) is 14.9. The minimum absolute atomic E-state index is 0.215. The monoisotopic (exact) mass is 344 g/mol. The number of nitrogens with one attached hydrogen (secondary N) is 1. The molecule has 0 aromatic carbocycles. The Kier molecular flexibility index (Phi) is 4.25. The van der Waals surface area contributed by atoms with Gasteiger partial charge in [0, 0.05) is 13.1 Å². The Morgan fingerprint density at radius 2 is 2.24 bits per heavy atom. The van der Waals surface area contributed by atoms with Gasteiger partial charge in [0.05, 0.1) is 23.1 Å². The van der Waals surface area contributed by atoms with Crippen LogP contribution in [0.3, 0.4) is 0 Å². The molecule has 0 bridgehead atoms. The topological polar surface area (TPSA) is 71.0 Å². The maximum Gasteiger partial charge on any atom is 0.217 e. The Hall–Kier alpha value is -1.03. The third-order valence-corrected chi connectivity index (χ3v) is 6.33. The third-order valence-electron chi connectivity index (χ3n) is 3.42. The van der Waals surface area contributed by atoms with E-state index < -0.39 is 9.84 Å². The van der Waals surface area contributed by atoms with Gasteiger partial charge in [0.25, 0.3) is 0 Å². The summed E-state index contributed by atoms with van der Waals surface area (Å²) in [6.45, 7) is 1.85. The molecule has 0 amide bonds. The van der Waals surface area contributed by atoms with Gasteiger partial charge in [0.1, 0.15) is 0 Å². The average molecular weight is 344 g/mol. The number of H-pyrrole nitrogens is 1. The zero-order valence-corrected chi connectivity index (χ0v) is 13.8. The minimum atomic E-state index is -2.89. The van der Waals surface area contributed by atoms with Gasteiger partial charge in [-0.05, 0) is 30.1 Å². The van der Waals surface area contributed by atoms with Crippen molar-refractivity contribution in [3.63, 3.8) is 0 Å². The number of sulfone groups is 1. The van der Waals surface area contributed by atoms with E-state index in [0.29, 0.717) is 24.4 Å². The molecule has 0 unspecified atom stereocenters. The lowest BCUT2D eigenvalue weighted by atomic mass is 10.4. The van der Waals surface area contributed by atoms with Crippen LogP contribution in [0.1, 0.15) is 6.42 Å². The number of hydrogen-bond donors (Lipinski definition) is 1. The Morgan fingerprint density at radius 3 is 3.00 bits per heavy atom. The lowest BCUT2D eigenvalue weighted by Gasteiger charge is -2.18. The van der Waals surface area contributed by atoms with Crippen LogP contribution >= 0.6 is 23.6 Å². The van der Waals surface area contributed by atoms with Crippen LogP contribution < -0.4 is 0 Å². The van der Waals surface area contributed by atoms with Crippen LogP contribution in [0.4, 0.5) is 0 Å². The number of aromatic nitrogens is 3. The number of aromatic amines is 1. The summed E-state index contributed by atoms with van der Waals surface area (Å²) in [6.07, 6.45) is 0.668. The summed E-state index contributed by atoms with van der Waals surface area (Å²) in [4.78, 5) is 7.49. The molecule has 2 aromatic rings. The van der Waals surface area contributed by atoms with Crippen molar-refractivity contribution in [3.05, 3.63) is 22.3 Å². The second-order valence-corrected chi connectivity index (χ2v) is 8.64. The summed E-state index contributed by atoms with van der Waals surface area (Å²) in [5, 5.41) is 5.18. The van der Waals surface area contributed by atoms with E-state index in [4.69, 9.17) is 12.2 Å². The molecular formula is C12H16N4O2S3. The average Bonchev–Trinajstić information content (AvgIpc) is 3.02. The molecule has 21 heavy (non-hydrogen) atoms. The van der Waals surface area contributed by atoms with Crippen LogP contribution in [-0.4, -0.2) is 52.7 Å². The minimum Gasteiger partial charge on any atom is -0.283 e. The highest BCUT2D eigenvalue weighted by Gasteiger charge is 2.19. The zero-order chi connectivity index (χ0) is 14.9. The van der Waals surface area contributed by atoms with Gasteiger partial charge < -0.3 is 0 Å². The Bertz CT molecular complexity index is 761. The van der Waals surface area contributed by atoms with Crippen molar-refractivity contribution in [1.82, 2.24) is 19.7 Å². The molecule has 0 spiro atoms. The maximum absolute atomic E-state index is 11.6. The van der Waals surface area contributed by atoms with Crippen molar-refractivity contribution in [1.29, 1.82) is 0 Å². The number of hydrogen-bond acceptors (Lipinski definition) is 6. The second kappa shape index (κ2) is 5.99. The molecule has 3 rings (SSSR count). The van der Waals surface area contributed by atoms with Crippen LogP contribution in [0, 0.1) is 4.77 Å². The fourth-order valence-corrected chi connectivity index (χ4v) is 4.48. The molecule has 9 heteroatoms. The van der Waals surface area contributed by atoms with Gasteiger partial charge >= 0.3 is 0 Å². The lowest BCUT2D eigenvalue weighted by molar-refractivity contribution is 0.221. The van der Waals surface area contributed by atoms with E-state index in [0.717, 1.165) is 17.2 Å². The Balaban J connectivity index is 1.75. The first-order chi connectivity index (χ1) is 10.0. The van der Waals surface area contributed by atoms with E-state index in [-0.39, 0.29) is 11.5 Å².